The summed E-state index contributed by atoms with van der Waals surface area (Å²) in [5.41, 5.74) is 6.95. The van der Waals surface area contributed by atoms with E-state index in [9.17, 15) is 14.7 Å². The van der Waals surface area contributed by atoms with E-state index in [0.29, 0.717) is 24.9 Å². The minimum atomic E-state index is -0.318. The number of ketones is 2. The number of hydrogen-bond acceptors (Lipinski definition) is 4. The van der Waals surface area contributed by atoms with Crippen LogP contribution in [0.15, 0.2) is 35.6 Å². The molecule has 1 aliphatic carbocycles. The lowest BCUT2D eigenvalue weighted by molar-refractivity contribution is -0.122. The average Bonchev–Trinajstić information content (AvgIpc) is 2.32. The molecule has 0 atom stereocenters. The van der Waals surface area contributed by atoms with Crippen molar-refractivity contribution in [3.05, 3.63) is 41.2 Å². The second-order valence-electron chi connectivity index (χ2n) is 4.44. The molecule has 1 aromatic rings. The van der Waals surface area contributed by atoms with E-state index in [4.69, 9.17) is 5.73 Å². The molecule has 0 unspecified atom stereocenters. The molecule has 0 radical (unpaired) electrons. The largest absolute Gasteiger partial charge is 0.511 e. The molecule has 102 valence electrons. The van der Waals surface area contributed by atoms with Gasteiger partial charge in [-0.15, -0.1) is 12.4 Å². The maximum absolute atomic E-state index is 12.0. The van der Waals surface area contributed by atoms with Crippen LogP contribution in [-0.4, -0.2) is 16.7 Å². The molecule has 0 bridgehead atoms. The van der Waals surface area contributed by atoms with Gasteiger partial charge in [0.25, 0.3) is 0 Å². The standard InChI is InChI=1S/C14H15NO3.ClH/c15-10-6-4-9(5-7-10)8-13(18)14-11(16)2-1-3-12(14)17;/h4-7,16H,1-3,8,15H2;1H. The maximum Gasteiger partial charge on any atom is 0.174 e. The number of nitrogens with two attached hydrogens (primary N) is 1. The molecule has 0 fully saturated rings. The van der Waals surface area contributed by atoms with Crippen molar-refractivity contribution in [3.8, 4) is 0 Å². The first-order valence-corrected chi connectivity index (χ1v) is 5.91. The molecule has 0 saturated heterocycles. The van der Waals surface area contributed by atoms with Gasteiger partial charge in [0.05, 0.1) is 5.57 Å². The van der Waals surface area contributed by atoms with Gasteiger partial charge in [-0.05, 0) is 24.1 Å². The number of anilines is 1. The van der Waals surface area contributed by atoms with Gasteiger partial charge in [0.2, 0.25) is 0 Å². The third-order valence-electron chi connectivity index (χ3n) is 3.01. The number of hydrogen-bond donors (Lipinski definition) is 2. The Bertz CT molecular complexity index is 520. The van der Waals surface area contributed by atoms with Crippen LogP contribution in [0, 0.1) is 0 Å². The molecule has 4 nitrogen and oxygen atoms in total. The minimum absolute atomic E-state index is 0. The van der Waals surface area contributed by atoms with E-state index in [1.807, 2.05) is 0 Å². The quantitative estimate of drug-likeness (QED) is 0.658. The molecule has 0 spiro atoms. The van der Waals surface area contributed by atoms with Crippen LogP contribution < -0.4 is 5.73 Å². The van der Waals surface area contributed by atoms with Crippen molar-refractivity contribution < 1.29 is 14.7 Å². The first-order valence-electron chi connectivity index (χ1n) is 5.91. The van der Waals surface area contributed by atoms with E-state index in [-0.39, 0.29) is 41.7 Å². The molecule has 0 saturated carbocycles. The van der Waals surface area contributed by atoms with Gasteiger partial charge in [0.15, 0.2) is 11.6 Å². The zero-order valence-corrected chi connectivity index (χ0v) is 11.2. The Kier molecular flexibility index (Phi) is 5.12. The molecule has 0 aromatic heterocycles. The fourth-order valence-corrected chi connectivity index (χ4v) is 2.05. The molecular weight excluding hydrogens is 266 g/mol. The Balaban J connectivity index is 0.00000180. The number of carbonyl (C=O) groups is 2. The number of rotatable bonds is 3. The SMILES string of the molecule is Cl.Nc1ccc(CC(=O)C2=C(O)CCCC2=O)cc1. The summed E-state index contributed by atoms with van der Waals surface area (Å²) in [6, 6.07) is 6.91. The van der Waals surface area contributed by atoms with Crippen molar-refractivity contribution in [1.82, 2.24) is 0 Å². The molecule has 2 rings (SSSR count). The van der Waals surface area contributed by atoms with E-state index in [1.54, 1.807) is 24.3 Å². The highest BCUT2D eigenvalue weighted by Crippen LogP contribution is 2.22. The summed E-state index contributed by atoms with van der Waals surface area (Å²) in [6.45, 7) is 0. The maximum atomic E-state index is 12.0. The molecular formula is C14H16ClNO3. The Morgan fingerprint density at radius 3 is 2.42 bits per heavy atom. The van der Waals surface area contributed by atoms with Crippen LogP contribution in [0.3, 0.4) is 0 Å². The van der Waals surface area contributed by atoms with E-state index in [0.717, 1.165) is 5.56 Å². The third-order valence-corrected chi connectivity index (χ3v) is 3.01. The van der Waals surface area contributed by atoms with E-state index < -0.39 is 0 Å². The van der Waals surface area contributed by atoms with Crippen molar-refractivity contribution in [2.75, 3.05) is 5.73 Å². The normalized spacial score (nSPS) is 15.1. The fraction of sp³-hybridized carbons (Fsp3) is 0.286. The van der Waals surface area contributed by atoms with Crippen molar-refractivity contribution >= 4 is 29.7 Å². The highest BCUT2D eigenvalue weighted by atomic mass is 35.5. The summed E-state index contributed by atoms with van der Waals surface area (Å²) in [6.07, 6.45) is 1.48. The summed E-state index contributed by atoms with van der Waals surface area (Å²) in [7, 11) is 0. The first-order chi connectivity index (χ1) is 8.58. The Hall–Kier alpha value is -1.81. The highest BCUT2D eigenvalue weighted by molar-refractivity contribution is 6.21. The Labute approximate surface area is 117 Å². The van der Waals surface area contributed by atoms with Gasteiger partial charge in [-0.2, -0.15) is 0 Å². The first kappa shape index (κ1) is 15.2. The van der Waals surface area contributed by atoms with Gasteiger partial charge in [-0.25, -0.2) is 0 Å². The summed E-state index contributed by atoms with van der Waals surface area (Å²) in [4.78, 5) is 23.6. The van der Waals surface area contributed by atoms with Gasteiger partial charge in [-0.3, -0.25) is 9.59 Å². The lowest BCUT2D eigenvalue weighted by Crippen LogP contribution is -2.20. The number of carbonyl (C=O) groups excluding carboxylic acids is 2. The van der Waals surface area contributed by atoms with E-state index in [2.05, 4.69) is 0 Å². The van der Waals surface area contributed by atoms with Crippen molar-refractivity contribution in [3.63, 3.8) is 0 Å². The topological polar surface area (TPSA) is 80.4 Å². The predicted molar refractivity (Wildman–Crippen MR) is 75.3 cm³/mol. The fourth-order valence-electron chi connectivity index (χ4n) is 2.05. The van der Waals surface area contributed by atoms with Crippen LogP contribution in [0.25, 0.3) is 0 Å². The zero-order valence-electron chi connectivity index (χ0n) is 10.4. The lowest BCUT2D eigenvalue weighted by Gasteiger charge is -2.14. The molecule has 1 aromatic carbocycles. The second-order valence-corrected chi connectivity index (χ2v) is 4.44. The lowest BCUT2D eigenvalue weighted by atomic mass is 9.91. The number of benzene rings is 1. The summed E-state index contributed by atoms with van der Waals surface area (Å²) < 4.78 is 0. The number of Topliss-reactive ketones (excluding diaryl/α,β-unsaturated/α-hetero) is 2. The molecule has 0 heterocycles. The third kappa shape index (κ3) is 3.58. The summed E-state index contributed by atoms with van der Waals surface area (Å²) >= 11 is 0. The average molecular weight is 282 g/mol. The van der Waals surface area contributed by atoms with Crippen LogP contribution in [0.2, 0.25) is 0 Å². The zero-order chi connectivity index (χ0) is 13.1. The predicted octanol–water partition coefficient (Wildman–Crippen LogP) is 2.37. The van der Waals surface area contributed by atoms with Crippen LogP contribution >= 0.6 is 12.4 Å². The van der Waals surface area contributed by atoms with E-state index >= 15 is 0 Å². The number of allylic oxidation sites excluding steroid dienone is 2. The van der Waals surface area contributed by atoms with Crippen molar-refractivity contribution in [2.24, 2.45) is 0 Å². The van der Waals surface area contributed by atoms with Gasteiger partial charge in [0, 0.05) is 24.9 Å². The molecule has 19 heavy (non-hydrogen) atoms. The molecule has 1 aliphatic rings. The Morgan fingerprint density at radius 2 is 1.84 bits per heavy atom. The van der Waals surface area contributed by atoms with Gasteiger partial charge in [0.1, 0.15) is 5.76 Å². The van der Waals surface area contributed by atoms with Crippen LogP contribution in [0.5, 0.6) is 0 Å². The van der Waals surface area contributed by atoms with Crippen molar-refractivity contribution in [2.45, 2.75) is 25.7 Å². The Morgan fingerprint density at radius 1 is 1.21 bits per heavy atom. The van der Waals surface area contributed by atoms with Gasteiger partial charge < -0.3 is 10.8 Å². The van der Waals surface area contributed by atoms with Gasteiger partial charge in [-0.1, -0.05) is 12.1 Å². The minimum Gasteiger partial charge on any atom is -0.511 e. The number of halogens is 1. The molecule has 0 amide bonds. The van der Waals surface area contributed by atoms with Gasteiger partial charge >= 0.3 is 0 Å². The molecule has 0 aliphatic heterocycles. The van der Waals surface area contributed by atoms with Crippen LogP contribution in [0.4, 0.5) is 5.69 Å². The summed E-state index contributed by atoms with van der Waals surface area (Å²) in [5, 5.41) is 9.65. The molecule has 3 N–H and O–H groups in total. The second kappa shape index (κ2) is 6.38. The number of nitrogen functional groups attached to an aromatic ring is 1. The van der Waals surface area contributed by atoms with Crippen molar-refractivity contribution in [1.29, 1.82) is 0 Å². The smallest absolute Gasteiger partial charge is 0.174 e. The summed E-state index contributed by atoms with van der Waals surface area (Å²) in [5.74, 6) is -0.632. The van der Waals surface area contributed by atoms with Crippen LogP contribution in [-0.2, 0) is 16.0 Å². The highest BCUT2D eigenvalue weighted by Gasteiger charge is 2.26. The molecule has 5 heteroatoms. The van der Waals surface area contributed by atoms with E-state index in [1.165, 1.54) is 0 Å². The van der Waals surface area contributed by atoms with Crippen LogP contribution in [0.1, 0.15) is 24.8 Å². The number of aliphatic hydroxyl groups excluding tert-OH is 1. The monoisotopic (exact) mass is 281 g/mol. The number of aliphatic hydroxyl groups is 1.